The van der Waals surface area contributed by atoms with Gasteiger partial charge in [0.2, 0.25) is 5.91 Å². The molecule has 10 heteroatoms. The van der Waals surface area contributed by atoms with E-state index in [4.69, 9.17) is 26.5 Å². The Bertz CT molecular complexity index is 1480. The van der Waals surface area contributed by atoms with Gasteiger partial charge in [-0.25, -0.2) is 9.78 Å². The second-order valence-electron chi connectivity index (χ2n) is 8.76. The molecule has 3 heterocycles. The van der Waals surface area contributed by atoms with Crippen LogP contribution in [0.4, 0.5) is 16.3 Å². The number of morpholine rings is 1. The van der Waals surface area contributed by atoms with E-state index < -0.39 is 0 Å². The van der Waals surface area contributed by atoms with Crippen LogP contribution < -0.4 is 16.4 Å². The van der Waals surface area contributed by atoms with Gasteiger partial charge in [-0.15, -0.1) is 0 Å². The summed E-state index contributed by atoms with van der Waals surface area (Å²) in [6.07, 6.45) is 4.67. The summed E-state index contributed by atoms with van der Waals surface area (Å²) in [5.74, 6) is 0.731. The summed E-state index contributed by atoms with van der Waals surface area (Å²) in [7, 11) is 0. The van der Waals surface area contributed by atoms with E-state index in [1.165, 1.54) is 6.08 Å². The molecule has 0 unspecified atom stereocenters. The highest BCUT2D eigenvalue weighted by Gasteiger charge is 2.17. The zero-order chi connectivity index (χ0) is 26.5. The van der Waals surface area contributed by atoms with E-state index in [0.29, 0.717) is 54.2 Å². The Kier molecular flexibility index (Phi) is 7.57. The lowest BCUT2D eigenvalue weighted by molar-refractivity contribution is -0.116. The molecular formula is C28H26ClN5O4. The Hall–Kier alpha value is -4.34. The Morgan fingerprint density at radius 1 is 1.05 bits per heavy atom. The van der Waals surface area contributed by atoms with E-state index in [-0.39, 0.29) is 18.5 Å². The topological polar surface area (TPSA) is 123 Å². The van der Waals surface area contributed by atoms with E-state index in [0.717, 1.165) is 22.1 Å². The molecule has 4 N–H and O–H groups in total. The number of ether oxygens (including phenoxy) is 1. The molecule has 9 nitrogen and oxygen atoms in total. The third-order valence-electron chi connectivity index (χ3n) is 6.06. The SMILES string of the molecule is Nc1ccc(/C=C/C(=O)NCc2cc3cc(-c4ccc(NC(=O)N5CCOCC5)cc4)cc(Cl)c3o2)cn1. The standard InChI is InChI=1S/C28H26ClN5O4/c29-24-15-20(19-3-5-22(6-4-19)33-28(36)34-9-11-37-12-10-34)13-21-14-23(38-27(21)24)17-32-26(35)8-2-18-1-7-25(30)31-16-18/h1-8,13-16H,9-12,17H2,(H2,30,31)(H,32,35)(H,33,36)/b8-2+. The number of carbonyl (C=O) groups is 2. The highest BCUT2D eigenvalue weighted by atomic mass is 35.5. The first-order chi connectivity index (χ1) is 18.4. The number of benzene rings is 2. The minimum absolute atomic E-state index is 0.138. The first kappa shape index (κ1) is 25.3. The Labute approximate surface area is 224 Å². The van der Waals surface area contributed by atoms with Gasteiger partial charge in [-0.1, -0.05) is 23.7 Å². The molecule has 1 fully saturated rings. The van der Waals surface area contributed by atoms with Crippen LogP contribution in [-0.2, 0) is 16.1 Å². The number of nitrogens with one attached hydrogen (secondary N) is 2. The lowest BCUT2D eigenvalue weighted by Gasteiger charge is -2.26. The number of nitrogens with two attached hydrogens (primary N) is 1. The van der Waals surface area contributed by atoms with E-state index in [9.17, 15) is 9.59 Å². The third kappa shape index (κ3) is 6.13. The van der Waals surface area contributed by atoms with Crippen LogP contribution in [0.15, 0.2) is 71.3 Å². The minimum atomic E-state index is -0.269. The van der Waals surface area contributed by atoms with Gasteiger partial charge in [0.1, 0.15) is 11.6 Å². The lowest BCUT2D eigenvalue weighted by Crippen LogP contribution is -2.43. The molecule has 3 amide bonds. The predicted molar refractivity (Wildman–Crippen MR) is 148 cm³/mol. The molecule has 1 aliphatic heterocycles. The number of anilines is 2. The lowest BCUT2D eigenvalue weighted by atomic mass is 10.0. The number of hydrogen-bond donors (Lipinski definition) is 3. The molecule has 2 aromatic heterocycles. The van der Waals surface area contributed by atoms with Crippen molar-refractivity contribution in [2.24, 2.45) is 0 Å². The van der Waals surface area contributed by atoms with Crippen molar-refractivity contribution in [3.05, 3.63) is 83.2 Å². The van der Waals surface area contributed by atoms with Gasteiger partial charge in [0.25, 0.3) is 0 Å². The van der Waals surface area contributed by atoms with E-state index in [1.54, 1.807) is 29.3 Å². The molecule has 0 saturated carbocycles. The monoisotopic (exact) mass is 531 g/mol. The molecule has 4 aromatic rings. The molecule has 0 atom stereocenters. The van der Waals surface area contributed by atoms with Crippen molar-refractivity contribution < 1.29 is 18.7 Å². The fourth-order valence-electron chi connectivity index (χ4n) is 4.05. The first-order valence-corrected chi connectivity index (χ1v) is 12.5. The summed E-state index contributed by atoms with van der Waals surface area (Å²) in [4.78, 5) is 30.4. The molecule has 0 aliphatic carbocycles. The number of hydrogen-bond acceptors (Lipinski definition) is 6. The molecule has 38 heavy (non-hydrogen) atoms. The predicted octanol–water partition coefficient (Wildman–Crippen LogP) is 4.92. The summed E-state index contributed by atoms with van der Waals surface area (Å²) in [6.45, 7) is 2.48. The van der Waals surface area contributed by atoms with Crippen molar-refractivity contribution in [1.82, 2.24) is 15.2 Å². The molecule has 0 bridgehead atoms. The van der Waals surface area contributed by atoms with Crippen molar-refractivity contribution in [2.45, 2.75) is 6.54 Å². The van der Waals surface area contributed by atoms with E-state index >= 15 is 0 Å². The third-order valence-corrected chi connectivity index (χ3v) is 6.34. The average Bonchev–Trinajstić information content (AvgIpc) is 3.36. The second-order valence-corrected chi connectivity index (χ2v) is 9.17. The average molecular weight is 532 g/mol. The number of furan rings is 1. The van der Waals surface area contributed by atoms with Gasteiger partial charge in [-0.2, -0.15) is 0 Å². The highest BCUT2D eigenvalue weighted by Crippen LogP contribution is 2.33. The van der Waals surface area contributed by atoms with Gasteiger partial charge in [-0.05, 0) is 65.2 Å². The zero-order valence-electron chi connectivity index (χ0n) is 20.4. The molecular weight excluding hydrogens is 506 g/mol. The fraction of sp³-hybridized carbons (Fsp3) is 0.179. The quantitative estimate of drug-likeness (QED) is 0.303. The van der Waals surface area contributed by atoms with Crippen molar-refractivity contribution in [2.75, 3.05) is 37.4 Å². The van der Waals surface area contributed by atoms with Crippen molar-refractivity contribution >= 4 is 52.1 Å². The minimum Gasteiger partial charge on any atom is -0.458 e. The van der Waals surface area contributed by atoms with Crippen molar-refractivity contribution in [3.8, 4) is 11.1 Å². The van der Waals surface area contributed by atoms with Crippen LogP contribution in [0.25, 0.3) is 28.2 Å². The largest absolute Gasteiger partial charge is 0.458 e. The molecule has 0 spiro atoms. The first-order valence-electron chi connectivity index (χ1n) is 12.1. The van der Waals surface area contributed by atoms with Gasteiger partial charge < -0.3 is 30.4 Å². The number of urea groups is 1. The second kappa shape index (κ2) is 11.4. The molecule has 1 saturated heterocycles. The van der Waals surface area contributed by atoms with Crippen LogP contribution in [0.1, 0.15) is 11.3 Å². The van der Waals surface area contributed by atoms with Gasteiger partial charge >= 0.3 is 6.03 Å². The normalized spacial score (nSPS) is 13.7. The molecule has 0 radical (unpaired) electrons. The number of fused-ring (bicyclic) bond motifs is 1. The van der Waals surface area contributed by atoms with Crippen LogP contribution >= 0.6 is 11.6 Å². The summed E-state index contributed by atoms with van der Waals surface area (Å²) >= 11 is 6.52. The zero-order valence-corrected chi connectivity index (χ0v) is 21.2. The van der Waals surface area contributed by atoms with E-state index in [2.05, 4.69) is 15.6 Å². The van der Waals surface area contributed by atoms with E-state index in [1.807, 2.05) is 42.5 Å². The maximum atomic E-state index is 12.4. The van der Waals surface area contributed by atoms with Crippen molar-refractivity contribution in [1.29, 1.82) is 0 Å². The van der Waals surface area contributed by atoms with Crippen LogP contribution in [0.3, 0.4) is 0 Å². The van der Waals surface area contributed by atoms with Crippen LogP contribution in [0.2, 0.25) is 5.02 Å². The maximum absolute atomic E-state index is 12.4. The number of nitrogen functional groups attached to an aromatic ring is 1. The Morgan fingerprint density at radius 3 is 2.58 bits per heavy atom. The van der Waals surface area contributed by atoms with Crippen LogP contribution in [0.5, 0.6) is 0 Å². The highest BCUT2D eigenvalue weighted by molar-refractivity contribution is 6.35. The Morgan fingerprint density at radius 2 is 1.84 bits per heavy atom. The number of amides is 3. The molecule has 2 aromatic carbocycles. The summed E-state index contributed by atoms with van der Waals surface area (Å²) in [5.41, 5.74) is 9.45. The molecule has 194 valence electrons. The number of pyridine rings is 1. The number of halogens is 1. The van der Waals surface area contributed by atoms with Gasteiger partial charge in [0.15, 0.2) is 5.58 Å². The number of nitrogens with zero attached hydrogens (tertiary/aromatic N) is 2. The van der Waals surface area contributed by atoms with Crippen molar-refractivity contribution in [3.63, 3.8) is 0 Å². The maximum Gasteiger partial charge on any atom is 0.321 e. The van der Waals surface area contributed by atoms with Gasteiger partial charge in [0.05, 0.1) is 24.8 Å². The number of rotatable bonds is 6. The molecule has 5 rings (SSSR count). The summed E-state index contributed by atoms with van der Waals surface area (Å²) in [5, 5.41) is 7.01. The van der Waals surface area contributed by atoms with Crippen LogP contribution in [-0.4, -0.2) is 48.1 Å². The summed E-state index contributed by atoms with van der Waals surface area (Å²) < 4.78 is 11.2. The number of carbonyl (C=O) groups excluding carboxylic acids is 2. The fourth-order valence-corrected chi connectivity index (χ4v) is 4.32. The molecule has 1 aliphatic rings. The Balaban J connectivity index is 1.23. The number of aromatic nitrogens is 1. The summed E-state index contributed by atoms with van der Waals surface area (Å²) in [6, 6.07) is 16.5. The van der Waals surface area contributed by atoms with Gasteiger partial charge in [-0.3, -0.25) is 4.79 Å². The van der Waals surface area contributed by atoms with Gasteiger partial charge in [0, 0.05) is 36.4 Å². The smallest absolute Gasteiger partial charge is 0.321 e. The van der Waals surface area contributed by atoms with Crippen LogP contribution in [0, 0.1) is 0 Å².